The molecular formula is C18H13ClN4O2S. The normalized spacial score (nSPS) is 11.8. The van der Waals surface area contributed by atoms with Gasteiger partial charge in [-0.15, -0.1) is 10.2 Å². The SMILES string of the molecule is CS(=O)(=O)c1nnc2c(-c3cccc(Cl)c3)cnn2c1-c1ccccc1. The molecule has 0 fully saturated rings. The molecule has 26 heavy (non-hydrogen) atoms. The summed E-state index contributed by atoms with van der Waals surface area (Å²) in [6.07, 6.45) is 2.74. The highest BCUT2D eigenvalue weighted by Gasteiger charge is 2.23. The molecule has 0 unspecified atom stereocenters. The van der Waals surface area contributed by atoms with Crippen LogP contribution in [0.1, 0.15) is 0 Å². The average molecular weight is 385 g/mol. The van der Waals surface area contributed by atoms with Crippen molar-refractivity contribution in [2.75, 3.05) is 6.26 Å². The summed E-state index contributed by atoms with van der Waals surface area (Å²) in [7, 11) is -3.59. The van der Waals surface area contributed by atoms with Crippen molar-refractivity contribution in [2.45, 2.75) is 5.03 Å². The first-order chi connectivity index (χ1) is 12.4. The van der Waals surface area contributed by atoms with Gasteiger partial charge in [-0.2, -0.15) is 5.10 Å². The van der Waals surface area contributed by atoms with Gasteiger partial charge in [0.2, 0.25) is 5.03 Å². The van der Waals surface area contributed by atoms with Crippen LogP contribution in [0.5, 0.6) is 0 Å². The standard InChI is InChI=1S/C18H13ClN4O2S/c1-26(24,25)18-16(12-6-3-2-4-7-12)23-17(21-22-18)15(11-20-23)13-8-5-9-14(19)10-13/h2-11H,1H3. The first-order valence-corrected chi connectivity index (χ1v) is 9.98. The maximum absolute atomic E-state index is 12.2. The van der Waals surface area contributed by atoms with E-state index in [1.54, 1.807) is 18.3 Å². The molecule has 8 heteroatoms. The zero-order valence-corrected chi connectivity index (χ0v) is 15.2. The molecule has 0 bridgehead atoms. The Balaban J connectivity index is 2.07. The van der Waals surface area contributed by atoms with E-state index in [0.717, 1.165) is 17.4 Å². The minimum absolute atomic E-state index is 0.114. The van der Waals surface area contributed by atoms with Crippen molar-refractivity contribution in [2.24, 2.45) is 0 Å². The van der Waals surface area contributed by atoms with Crippen LogP contribution in [-0.2, 0) is 9.84 Å². The van der Waals surface area contributed by atoms with Crippen LogP contribution in [0, 0.1) is 0 Å². The van der Waals surface area contributed by atoms with Gasteiger partial charge in [-0.05, 0) is 17.7 Å². The summed E-state index contributed by atoms with van der Waals surface area (Å²) >= 11 is 6.08. The number of benzene rings is 2. The summed E-state index contributed by atoms with van der Waals surface area (Å²) in [6, 6.07) is 16.4. The van der Waals surface area contributed by atoms with Crippen molar-refractivity contribution in [1.29, 1.82) is 0 Å². The lowest BCUT2D eigenvalue weighted by molar-refractivity contribution is 0.595. The van der Waals surface area contributed by atoms with Crippen LogP contribution < -0.4 is 0 Å². The molecule has 0 aliphatic carbocycles. The van der Waals surface area contributed by atoms with E-state index >= 15 is 0 Å². The number of fused-ring (bicyclic) bond motifs is 1. The Kier molecular flexibility index (Phi) is 3.97. The molecule has 6 nitrogen and oxygen atoms in total. The number of aromatic nitrogens is 4. The summed E-state index contributed by atoms with van der Waals surface area (Å²) in [5, 5.41) is 13.0. The summed E-state index contributed by atoms with van der Waals surface area (Å²) in [6.45, 7) is 0. The number of hydrogen-bond acceptors (Lipinski definition) is 5. The van der Waals surface area contributed by atoms with Gasteiger partial charge in [0, 0.05) is 22.4 Å². The van der Waals surface area contributed by atoms with Crippen LogP contribution in [0.3, 0.4) is 0 Å². The van der Waals surface area contributed by atoms with E-state index in [4.69, 9.17) is 11.6 Å². The van der Waals surface area contributed by atoms with Crippen molar-refractivity contribution in [3.05, 3.63) is 65.8 Å². The molecule has 4 rings (SSSR count). The smallest absolute Gasteiger partial charge is 0.203 e. The van der Waals surface area contributed by atoms with Gasteiger partial charge in [-0.25, -0.2) is 12.9 Å². The molecule has 0 radical (unpaired) electrons. The van der Waals surface area contributed by atoms with E-state index < -0.39 is 9.84 Å². The molecule has 0 atom stereocenters. The fraction of sp³-hybridized carbons (Fsp3) is 0.0556. The van der Waals surface area contributed by atoms with Crippen LogP contribution in [0.2, 0.25) is 5.02 Å². The van der Waals surface area contributed by atoms with Crippen molar-refractivity contribution in [1.82, 2.24) is 19.8 Å². The predicted molar refractivity (Wildman–Crippen MR) is 99.8 cm³/mol. The van der Waals surface area contributed by atoms with Crippen molar-refractivity contribution < 1.29 is 8.42 Å². The minimum Gasteiger partial charge on any atom is -0.222 e. The lowest BCUT2D eigenvalue weighted by Crippen LogP contribution is -2.10. The second kappa shape index (κ2) is 6.19. The van der Waals surface area contributed by atoms with Crippen molar-refractivity contribution in [3.63, 3.8) is 0 Å². The molecule has 2 heterocycles. The van der Waals surface area contributed by atoms with Gasteiger partial charge in [-0.1, -0.05) is 54.1 Å². The molecule has 0 amide bonds. The molecule has 2 aromatic carbocycles. The third kappa shape index (κ3) is 2.85. The maximum Gasteiger partial charge on any atom is 0.203 e. The van der Waals surface area contributed by atoms with E-state index in [9.17, 15) is 8.42 Å². The first kappa shape index (κ1) is 16.7. The molecular weight excluding hydrogens is 372 g/mol. The van der Waals surface area contributed by atoms with Gasteiger partial charge < -0.3 is 0 Å². The van der Waals surface area contributed by atoms with Gasteiger partial charge >= 0.3 is 0 Å². The summed E-state index contributed by atoms with van der Waals surface area (Å²) in [5.74, 6) is 0. The predicted octanol–water partition coefficient (Wildman–Crippen LogP) is 3.52. The lowest BCUT2D eigenvalue weighted by atomic mass is 10.1. The Morgan fingerprint density at radius 1 is 0.962 bits per heavy atom. The average Bonchev–Trinajstić information content (AvgIpc) is 3.05. The van der Waals surface area contributed by atoms with Gasteiger partial charge in [-0.3, -0.25) is 0 Å². The Morgan fingerprint density at radius 3 is 2.38 bits per heavy atom. The number of sulfone groups is 1. The summed E-state index contributed by atoms with van der Waals surface area (Å²) in [5.41, 5.74) is 3.07. The molecule has 0 aliphatic rings. The largest absolute Gasteiger partial charge is 0.222 e. The third-order valence-electron chi connectivity index (χ3n) is 3.93. The monoisotopic (exact) mass is 384 g/mol. The van der Waals surface area contributed by atoms with Gasteiger partial charge in [0.25, 0.3) is 0 Å². The van der Waals surface area contributed by atoms with E-state index in [2.05, 4.69) is 15.3 Å². The highest BCUT2D eigenvalue weighted by atomic mass is 35.5. The topological polar surface area (TPSA) is 77.2 Å². The zero-order chi connectivity index (χ0) is 18.3. The zero-order valence-electron chi connectivity index (χ0n) is 13.7. The Morgan fingerprint density at radius 2 is 1.69 bits per heavy atom. The maximum atomic E-state index is 12.2. The van der Waals surface area contributed by atoms with Crippen LogP contribution in [0.4, 0.5) is 0 Å². The summed E-state index contributed by atoms with van der Waals surface area (Å²) < 4.78 is 26.0. The second-order valence-electron chi connectivity index (χ2n) is 5.80. The number of nitrogens with zero attached hydrogens (tertiary/aromatic N) is 4. The highest BCUT2D eigenvalue weighted by Crippen LogP contribution is 2.30. The second-order valence-corrected chi connectivity index (χ2v) is 8.16. The van der Waals surface area contributed by atoms with Gasteiger partial charge in [0.15, 0.2) is 15.5 Å². The Hall–Kier alpha value is -2.77. The molecule has 0 spiro atoms. The molecule has 130 valence electrons. The third-order valence-corrected chi connectivity index (χ3v) is 5.14. The summed E-state index contributed by atoms with van der Waals surface area (Å²) in [4.78, 5) is 0. The Labute approximate surface area is 155 Å². The highest BCUT2D eigenvalue weighted by molar-refractivity contribution is 7.90. The quantitative estimate of drug-likeness (QED) is 0.540. The molecule has 0 saturated heterocycles. The Bertz CT molecular complexity index is 1220. The number of rotatable bonds is 3. The molecule has 4 aromatic rings. The fourth-order valence-electron chi connectivity index (χ4n) is 2.78. The van der Waals surface area contributed by atoms with Crippen LogP contribution in [0.15, 0.2) is 65.8 Å². The fourth-order valence-corrected chi connectivity index (χ4v) is 3.72. The van der Waals surface area contributed by atoms with Crippen LogP contribution in [-0.4, -0.2) is 34.5 Å². The van der Waals surface area contributed by atoms with Gasteiger partial charge in [0.05, 0.1) is 6.20 Å². The van der Waals surface area contributed by atoms with Crippen molar-refractivity contribution in [3.8, 4) is 22.4 Å². The minimum atomic E-state index is -3.59. The van der Waals surface area contributed by atoms with Gasteiger partial charge in [0.1, 0.15) is 5.69 Å². The number of halogens is 1. The lowest BCUT2D eigenvalue weighted by Gasteiger charge is -2.09. The van der Waals surface area contributed by atoms with Crippen molar-refractivity contribution >= 4 is 27.1 Å². The van der Waals surface area contributed by atoms with Crippen LogP contribution in [0.25, 0.3) is 28.0 Å². The van der Waals surface area contributed by atoms with E-state index in [1.165, 1.54) is 4.52 Å². The van der Waals surface area contributed by atoms with E-state index in [0.29, 0.717) is 21.9 Å². The number of hydrogen-bond donors (Lipinski definition) is 0. The first-order valence-electron chi connectivity index (χ1n) is 7.71. The molecule has 0 N–H and O–H groups in total. The van der Waals surface area contributed by atoms with E-state index in [-0.39, 0.29) is 5.03 Å². The van der Waals surface area contributed by atoms with Crippen LogP contribution >= 0.6 is 11.6 Å². The molecule has 0 aliphatic heterocycles. The van der Waals surface area contributed by atoms with E-state index in [1.807, 2.05) is 42.5 Å². The molecule has 2 aromatic heterocycles. The molecule has 0 saturated carbocycles.